The molecule has 0 aromatic heterocycles. The lowest BCUT2D eigenvalue weighted by Crippen LogP contribution is -2.46. The lowest BCUT2D eigenvalue weighted by molar-refractivity contribution is -0.144. The fourth-order valence-electron chi connectivity index (χ4n) is 3.04. The van der Waals surface area contributed by atoms with Crippen molar-refractivity contribution in [3.8, 4) is 0 Å². The molecule has 8 heteroatoms. The Morgan fingerprint density at radius 2 is 2.00 bits per heavy atom. The van der Waals surface area contributed by atoms with Crippen LogP contribution in [0.25, 0.3) is 0 Å². The number of hydrogen-bond acceptors (Lipinski definition) is 5. The van der Waals surface area contributed by atoms with Gasteiger partial charge in [0.2, 0.25) is 0 Å². The van der Waals surface area contributed by atoms with Crippen LogP contribution >= 0.6 is 11.8 Å². The van der Waals surface area contributed by atoms with Gasteiger partial charge in [-0.3, -0.25) is 4.79 Å². The van der Waals surface area contributed by atoms with Crippen LogP contribution in [0.3, 0.4) is 0 Å². The second-order valence-corrected chi connectivity index (χ2v) is 7.61. The number of benzene rings is 2. The number of thioether (sulfide) groups is 1. The molecule has 0 aliphatic carbocycles. The van der Waals surface area contributed by atoms with Crippen molar-refractivity contribution in [2.45, 2.75) is 24.3 Å². The Kier molecular flexibility index (Phi) is 6.12. The maximum Gasteiger partial charge on any atom is 0.273 e. The summed E-state index contributed by atoms with van der Waals surface area (Å²) in [6, 6.07) is 12.4. The minimum absolute atomic E-state index is 0.00250. The van der Waals surface area contributed by atoms with Crippen LogP contribution in [0.1, 0.15) is 24.5 Å². The number of carbonyl (C=O) groups excluding carboxylic acids is 1. The van der Waals surface area contributed by atoms with E-state index in [0.29, 0.717) is 6.42 Å². The van der Waals surface area contributed by atoms with Crippen LogP contribution in [0.15, 0.2) is 53.6 Å². The molecule has 1 aliphatic heterocycles. The molecule has 28 heavy (non-hydrogen) atoms. The third-order valence-corrected chi connectivity index (χ3v) is 6.02. The number of nitrogens with zero attached hydrogens (tertiary/aromatic N) is 2. The first-order valence-corrected chi connectivity index (χ1v) is 9.60. The number of carbonyl (C=O) groups is 1. The Hall–Kier alpha value is -2.29. The summed E-state index contributed by atoms with van der Waals surface area (Å²) in [6.07, 6.45) is -0.393. The maximum absolute atomic E-state index is 14.4. The zero-order valence-electron chi connectivity index (χ0n) is 15.6. The molecule has 0 bridgehead atoms. The second kappa shape index (κ2) is 8.38. The number of nitrogens with two attached hydrogens (primary N) is 1. The molecular formula is C20H21F2N3O2S. The number of hydrazone groups is 1. The third kappa shape index (κ3) is 3.67. The average Bonchev–Trinajstić information content (AvgIpc) is 3.10. The first kappa shape index (κ1) is 20.4. The predicted octanol–water partition coefficient (Wildman–Crippen LogP) is 3.44. The van der Waals surface area contributed by atoms with Gasteiger partial charge in [0.25, 0.3) is 5.91 Å². The van der Waals surface area contributed by atoms with Crippen molar-refractivity contribution in [1.82, 2.24) is 5.01 Å². The fourth-order valence-corrected chi connectivity index (χ4v) is 4.44. The molecule has 2 aromatic carbocycles. The highest BCUT2D eigenvalue weighted by atomic mass is 32.2. The normalized spacial score (nSPS) is 20.2. The summed E-state index contributed by atoms with van der Waals surface area (Å²) in [6.45, 7) is 1.88. The van der Waals surface area contributed by atoms with Crippen LogP contribution in [-0.2, 0) is 14.4 Å². The van der Waals surface area contributed by atoms with Gasteiger partial charge in [-0.2, -0.15) is 5.10 Å². The Balaban J connectivity index is 2.15. The molecule has 0 radical (unpaired) electrons. The molecule has 2 aromatic rings. The molecule has 0 saturated carbocycles. The molecule has 0 fully saturated rings. The summed E-state index contributed by atoms with van der Waals surface area (Å²) in [5.74, 6) is -1.59. The summed E-state index contributed by atoms with van der Waals surface area (Å²) in [4.78, 5) is 12.1. The molecule has 5 nitrogen and oxygen atoms in total. The first-order chi connectivity index (χ1) is 13.4. The molecular weight excluding hydrogens is 384 g/mol. The van der Waals surface area contributed by atoms with E-state index in [1.807, 2.05) is 30.3 Å². The van der Waals surface area contributed by atoms with E-state index in [2.05, 4.69) is 5.10 Å². The van der Waals surface area contributed by atoms with E-state index < -0.39 is 22.6 Å². The highest BCUT2D eigenvalue weighted by Crippen LogP contribution is 2.50. The van der Waals surface area contributed by atoms with E-state index in [1.54, 1.807) is 6.92 Å². The Labute approximate surface area is 166 Å². The molecule has 0 spiro atoms. The molecule has 148 valence electrons. The van der Waals surface area contributed by atoms with Crippen molar-refractivity contribution in [1.29, 1.82) is 0 Å². The van der Waals surface area contributed by atoms with Crippen LogP contribution in [0.2, 0.25) is 0 Å². The first-order valence-electron chi connectivity index (χ1n) is 8.78. The summed E-state index contributed by atoms with van der Waals surface area (Å²) in [5.41, 5.74) is 6.66. The SMILES string of the molecule is CO[C@@H](C)C(=O)N1N=C(c2cc(F)ccc2F)SC1(CCN)c1ccccc1. The average molecular weight is 405 g/mol. The van der Waals surface area contributed by atoms with Crippen LogP contribution in [0.5, 0.6) is 0 Å². The van der Waals surface area contributed by atoms with Gasteiger partial charge in [0.15, 0.2) is 0 Å². The standard InChI is InChI=1S/C20H21F2N3O2S/c1-13(27-2)19(26)25-20(10-11-23,14-6-4-3-5-7-14)28-18(24-25)16-12-15(21)8-9-17(16)22/h3-9,12-13H,10-11,23H2,1-2H3/t13-,20?/m0/s1. The quantitative estimate of drug-likeness (QED) is 0.800. The van der Waals surface area contributed by atoms with Crippen molar-refractivity contribution in [2.75, 3.05) is 13.7 Å². The maximum atomic E-state index is 14.4. The Morgan fingerprint density at radius 3 is 2.64 bits per heavy atom. The minimum atomic E-state index is -0.978. The van der Waals surface area contributed by atoms with E-state index in [-0.39, 0.29) is 23.1 Å². The van der Waals surface area contributed by atoms with Gasteiger partial charge in [-0.25, -0.2) is 13.8 Å². The van der Waals surface area contributed by atoms with Gasteiger partial charge in [-0.1, -0.05) is 42.1 Å². The minimum Gasteiger partial charge on any atom is -0.372 e. The second-order valence-electron chi connectivity index (χ2n) is 6.35. The Bertz CT molecular complexity index is 894. The largest absolute Gasteiger partial charge is 0.372 e. The van der Waals surface area contributed by atoms with Crippen LogP contribution in [0.4, 0.5) is 8.78 Å². The van der Waals surface area contributed by atoms with Crippen molar-refractivity contribution < 1.29 is 18.3 Å². The molecule has 1 aliphatic rings. The van der Waals surface area contributed by atoms with Gasteiger partial charge in [-0.15, -0.1) is 0 Å². The molecule has 2 atom stereocenters. The molecule has 1 heterocycles. The number of rotatable bonds is 6. The molecule has 1 amide bonds. The Morgan fingerprint density at radius 1 is 1.29 bits per heavy atom. The number of hydrogen-bond donors (Lipinski definition) is 1. The van der Waals surface area contributed by atoms with Gasteiger partial charge in [0.05, 0.1) is 0 Å². The topological polar surface area (TPSA) is 67.9 Å². The lowest BCUT2D eigenvalue weighted by Gasteiger charge is -2.36. The zero-order chi connectivity index (χ0) is 20.3. The summed E-state index contributed by atoms with van der Waals surface area (Å²) >= 11 is 1.19. The predicted molar refractivity (Wildman–Crippen MR) is 106 cm³/mol. The van der Waals surface area contributed by atoms with Crippen LogP contribution < -0.4 is 5.73 Å². The van der Waals surface area contributed by atoms with Crippen molar-refractivity contribution in [2.24, 2.45) is 10.8 Å². The van der Waals surface area contributed by atoms with E-state index in [1.165, 1.54) is 23.9 Å². The van der Waals surface area contributed by atoms with Gasteiger partial charge in [0.1, 0.15) is 27.7 Å². The molecule has 3 rings (SSSR count). The molecule has 2 N–H and O–H groups in total. The van der Waals surface area contributed by atoms with E-state index >= 15 is 0 Å². The van der Waals surface area contributed by atoms with Gasteiger partial charge in [0, 0.05) is 12.7 Å². The summed E-state index contributed by atoms with van der Waals surface area (Å²) in [7, 11) is 1.43. The van der Waals surface area contributed by atoms with Crippen molar-refractivity contribution in [3.63, 3.8) is 0 Å². The van der Waals surface area contributed by atoms with Gasteiger partial charge < -0.3 is 10.5 Å². The van der Waals surface area contributed by atoms with E-state index in [0.717, 1.165) is 23.8 Å². The zero-order valence-corrected chi connectivity index (χ0v) is 16.4. The summed E-state index contributed by atoms with van der Waals surface area (Å²) in [5, 5.41) is 5.91. The van der Waals surface area contributed by atoms with E-state index in [4.69, 9.17) is 10.5 Å². The number of amides is 1. The number of ether oxygens (including phenoxy) is 1. The van der Waals surface area contributed by atoms with Gasteiger partial charge >= 0.3 is 0 Å². The smallest absolute Gasteiger partial charge is 0.273 e. The molecule has 0 saturated heterocycles. The van der Waals surface area contributed by atoms with Crippen molar-refractivity contribution in [3.05, 3.63) is 71.3 Å². The lowest BCUT2D eigenvalue weighted by atomic mass is 10.0. The fraction of sp³-hybridized carbons (Fsp3) is 0.300. The van der Waals surface area contributed by atoms with Crippen molar-refractivity contribution >= 4 is 22.7 Å². The van der Waals surface area contributed by atoms with Gasteiger partial charge in [-0.05, 0) is 43.7 Å². The van der Waals surface area contributed by atoms with E-state index in [9.17, 15) is 13.6 Å². The number of halogens is 2. The summed E-state index contributed by atoms with van der Waals surface area (Å²) < 4.78 is 33.3. The highest BCUT2D eigenvalue weighted by Gasteiger charge is 2.49. The van der Waals surface area contributed by atoms with Crippen LogP contribution in [-0.4, -0.2) is 35.7 Å². The third-order valence-electron chi connectivity index (χ3n) is 4.58. The number of methoxy groups -OCH3 is 1. The highest BCUT2D eigenvalue weighted by molar-refractivity contribution is 8.15. The molecule has 1 unspecified atom stereocenters. The van der Waals surface area contributed by atoms with Crippen LogP contribution in [0, 0.1) is 11.6 Å². The monoisotopic (exact) mass is 405 g/mol.